The van der Waals surface area contributed by atoms with Crippen molar-refractivity contribution in [3.63, 3.8) is 0 Å². The first kappa shape index (κ1) is 17.4. The summed E-state index contributed by atoms with van der Waals surface area (Å²) in [5, 5.41) is 6.15. The number of nitrogens with zero attached hydrogens (tertiary/aromatic N) is 2. The first-order valence-electron chi connectivity index (χ1n) is 7.38. The van der Waals surface area contributed by atoms with Crippen molar-refractivity contribution in [3.05, 3.63) is 52.1 Å². The molecule has 1 aromatic carbocycles. The lowest BCUT2D eigenvalue weighted by molar-refractivity contribution is 0.0951. The van der Waals surface area contributed by atoms with Crippen LogP contribution in [0.25, 0.3) is 0 Å². The molecule has 6 heteroatoms. The van der Waals surface area contributed by atoms with Gasteiger partial charge >= 0.3 is 0 Å². The quantitative estimate of drug-likeness (QED) is 0.812. The highest BCUT2D eigenvalue weighted by Crippen LogP contribution is 2.23. The van der Waals surface area contributed by atoms with Crippen LogP contribution in [0.4, 0.5) is 11.5 Å². The average molecular weight is 377 g/mol. The predicted octanol–water partition coefficient (Wildman–Crippen LogP) is 3.19. The Morgan fingerprint density at radius 1 is 1.26 bits per heavy atom. The second-order valence-electron chi connectivity index (χ2n) is 5.57. The number of pyridine rings is 1. The minimum atomic E-state index is -0.0928. The van der Waals surface area contributed by atoms with E-state index < -0.39 is 0 Å². The van der Waals surface area contributed by atoms with Crippen LogP contribution in [0.15, 0.2) is 41.0 Å². The van der Waals surface area contributed by atoms with E-state index in [4.69, 9.17) is 0 Å². The summed E-state index contributed by atoms with van der Waals surface area (Å²) < 4.78 is 1.03. The van der Waals surface area contributed by atoms with Gasteiger partial charge in [0, 0.05) is 35.0 Å². The topological polar surface area (TPSA) is 57.3 Å². The van der Waals surface area contributed by atoms with Gasteiger partial charge < -0.3 is 15.5 Å². The molecule has 0 saturated carbocycles. The van der Waals surface area contributed by atoms with Gasteiger partial charge in [-0.25, -0.2) is 4.98 Å². The Labute approximate surface area is 145 Å². The van der Waals surface area contributed by atoms with Crippen LogP contribution in [-0.4, -0.2) is 43.0 Å². The van der Waals surface area contributed by atoms with Gasteiger partial charge in [-0.15, -0.1) is 0 Å². The highest BCUT2D eigenvalue weighted by molar-refractivity contribution is 9.10. The highest BCUT2D eigenvalue weighted by Gasteiger charge is 2.07. The van der Waals surface area contributed by atoms with Crippen molar-refractivity contribution < 1.29 is 4.79 Å². The molecule has 1 heterocycles. The summed E-state index contributed by atoms with van der Waals surface area (Å²) in [6.07, 6.45) is 1.64. The Hall–Kier alpha value is -1.92. The zero-order valence-corrected chi connectivity index (χ0v) is 15.1. The van der Waals surface area contributed by atoms with Crippen molar-refractivity contribution in [3.8, 4) is 0 Å². The van der Waals surface area contributed by atoms with Crippen LogP contribution in [0, 0.1) is 6.92 Å². The van der Waals surface area contributed by atoms with Gasteiger partial charge in [0.1, 0.15) is 5.82 Å². The molecular formula is C17H21BrN4O. The lowest BCUT2D eigenvalue weighted by Gasteiger charge is -2.12. The number of carbonyl (C=O) groups excluding carboxylic acids is 1. The minimum absolute atomic E-state index is 0.0928. The number of aromatic nitrogens is 1. The number of anilines is 2. The summed E-state index contributed by atoms with van der Waals surface area (Å²) >= 11 is 3.45. The molecule has 0 radical (unpaired) electrons. The average Bonchev–Trinajstić information content (AvgIpc) is 2.50. The van der Waals surface area contributed by atoms with Crippen molar-refractivity contribution in [2.45, 2.75) is 6.92 Å². The van der Waals surface area contributed by atoms with Crippen molar-refractivity contribution in [1.82, 2.24) is 15.2 Å². The third kappa shape index (κ3) is 5.33. The molecule has 2 aromatic rings. The first-order chi connectivity index (χ1) is 11.0. The molecule has 0 aliphatic carbocycles. The van der Waals surface area contributed by atoms with E-state index in [1.54, 1.807) is 18.3 Å². The van der Waals surface area contributed by atoms with E-state index in [0.29, 0.717) is 17.9 Å². The van der Waals surface area contributed by atoms with Gasteiger partial charge in [0.15, 0.2) is 0 Å². The molecule has 0 saturated heterocycles. The first-order valence-corrected chi connectivity index (χ1v) is 8.17. The van der Waals surface area contributed by atoms with Crippen LogP contribution >= 0.6 is 15.9 Å². The summed E-state index contributed by atoms with van der Waals surface area (Å²) in [6, 6.07) is 9.44. The van der Waals surface area contributed by atoms with E-state index in [-0.39, 0.29) is 5.91 Å². The number of aryl methyl sites for hydroxylation is 1. The maximum absolute atomic E-state index is 12.2. The van der Waals surface area contributed by atoms with Crippen LogP contribution in [0.1, 0.15) is 15.9 Å². The maximum atomic E-state index is 12.2. The molecule has 1 amide bonds. The number of hydrogen-bond acceptors (Lipinski definition) is 4. The van der Waals surface area contributed by atoms with E-state index in [0.717, 1.165) is 22.3 Å². The predicted molar refractivity (Wildman–Crippen MR) is 97.3 cm³/mol. The van der Waals surface area contributed by atoms with E-state index in [9.17, 15) is 4.79 Å². The SMILES string of the molecule is Cc1cc(Br)ccc1Nc1cc(C(=O)NCCN(C)C)ccn1. The second-order valence-corrected chi connectivity index (χ2v) is 6.49. The summed E-state index contributed by atoms with van der Waals surface area (Å²) in [5.74, 6) is 0.556. The van der Waals surface area contributed by atoms with Crippen molar-refractivity contribution >= 4 is 33.3 Å². The molecule has 0 unspecified atom stereocenters. The van der Waals surface area contributed by atoms with Gasteiger partial charge in [0.25, 0.3) is 5.91 Å². The smallest absolute Gasteiger partial charge is 0.251 e. The number of likely N-dealkylation sites (N-methyl/N-ethyl adjacent to an activating group) is 1. The van der Waals surface area contributed by atoms with Crippen LogP contribution in [0.5, 0.6) is 0 Å². The molecule has 5 nitrogen and oxygen atoms in total. The van der Waals surface area contributed by atoms with Crippen LogP contribution in [0.2, 0.25) is 0 Å². The number of halogens is 1. The van der Waals surface area contributed by atoms with E-state index in [1.165, 1.54) is 0 Å². The molecule has 0 fully saturated rings. The molecule has 0 bridgehead atoms. The standard InChI is InChI=1S/C17H21BrN4O/c1-12-10-14(18)4-5-15(12)21-16-11-13(6-7-19-16)17(23)20-8-9-22(2)3/h4-7,10-11H,8-9H2,1-3H3,(H,19,21)(H,20,23). The lowest BCUT2D eigenvalue weighted by Crippen LogP contribution is -2.31. The number of benzene rings is 1. The monoisotopic (exact) mass is 376 g/mol. The molecule has 23 heavy (non-hydrogen) atoms. The summed E-state index contributed by atoms with van der Waals surface area (Å²) in [6.45, 7) is 3.44. The number of hydrogen-bond donors (Lipinski definition) is 2. The summed E-state index contributed by atoms with van der Waals surface area (Å²) in [4.78, 5) is 18.5. The Balaban J connectivity index is 2.06. The number of amides is 1. The fourth-order valence-electron chi connectivity index (χ4n) is 2.04. The summed E-state index contributed by atoms with van der Waals surface area (Å²) in [5.41, 5.74) is 2.66. The normalized spacial score (nSPS) is 10.7. The lowest BCUT2D eigenvalue weighted by atomic mass is 10.2. The van der Waals surface area contributed by atoms with Gasteiger partial charge in [-0.05, 0) is 56.9 Å². The van der Waals surface area contributed by atoms with Gasteiger partial charge in [0.05, 0.1) is 0 Å². The molecular weight excluding hydrogens is 356 g/mol. The van der Waals surface area contributed by atoms with Crippen LogP contribution in [0.3, 0.4) is 0 Å². The van der Waals surface area contributed by atoms with E-state index in [1.807, 2.05) is 44.1 Å². The van der Waals surface area contributed by atoms with Crippen molar-refractivity contribution in [2.24, 2.45) is 0 Å². The molecule has 0 atom stereocenters. The molecule has 2 N–H and O–H groups in total. The zero-order chi connectivity index (χ0) is 16.8. The second kappa shape index (κ2) is 8.08. The fourth-order valence-corrected chi connectivity index (χ4v) is 2.52. The minimum Gasteiger partial charge on any atom is -0.351 e. The number of carbonyl (C=O) groups is 1. The molecule has 0 aliphatic heterocycles. The van der Waals surface area contributed by atoms with Crippen molar-refractivity contribution in [1.29, 1.82) is 0 Å². The van der Waals surface area contributed by atoms with Crippen LogP contribution in [-0.2, 0) is 0 Å². The Morgan fingerprint density at radius 3 is 2.74 bits per heavy atom. The maximum Gasteiger partial charge on any atom is 0.251 e. The van der Waals surface area contributed by atoms with Gasteiger partial charge in [-0.1, -0.05) is 15.9 Å². The largest absolute Gasteiger partial charge is 0.351 e. The Bertz CT molecular complexity index is 688. The van der Waals surface area contributed by atoms with Gasteiger partial charge in [-0.3, -0.25) is 4.79 Å². The fraction of sp³-hybridized carbons (Fsp3) is 0.294. The number of nitrogens with one attached hydrogen (secondary N) is 2. The van der Waals surface area contributed by atoms with E-state index >= 15 is 0 Å². The number of rotatable bonds is 6. The Kier molecular flexibility index (Phi) is 6.12. The molecule has 0 aliphatic rings. The van der Waals surface area contributed by atoms with Crippen molar-refractivity contribution in [2.75, 3.05) is 32.5 Å². The molecule has 0 spiro atoms. The zero-order valence-electron chi connectivity index (χ0n) is 13.6. The molecule has 1 aromatic heterocycles. The van der Waals surface area contributed by atoms with Gasteiger partial charge in [0.2, 0.25) is 0 Å². The highest BCUT2D eigenvalue weighted by atomic mass is 79.9. The summed E-state index contributed by atoms with van der Waals surface area (Å²) in [7, 11) is 3.95. The van der Waals surface area contributed by atoms with Gasteiger partial charge in [-0.2, -0.15) is 0 Å². The third-order valence-electron chi connectivity index (χ3n) is 3.32. The molecule has 122 valence electrons. The Morgan fingerprint density at radius 2 is 2.04 bits per heavy atom. The third-order valence-corrected chi connectivity index (χ3v) is 3.81. The van der Waals surface area contributed by atoms with Crippen LogP contribution < -0.4 is 10.6 Å². The van der Waals surface area contributed by atoms with E-state index in [2.05, 4.69) is 31.5 Å². The molecule has 2 rings (SSSR count).